The molecule has 0 saturated heterocycles. The highest BCUT2D eigenvalue weighted by atomic mass is 15.1. The number of benzene rings is 1. The van der Waals surface area contributed by atoms with E-state index in [-0.39, 0.29) is 0 Å². The third-order valence-corrected chi connectivity index (χ3v) is 2.65. The number of hydrogen-bond donors (Lipinski definition) is 1. The van der Waals surface area contributed by atoms with E-state index >= 15 is 0 Å². The lowest BCUT2D eigenvalue weighted by Crippen LogP contribution is -2.17. The van der Waals surface area contributed by atoms with Crippen molar-refractivity contribution in [1.82, 2.24) is 0 Å². The van der Waals surface area contributed by atoms with Gasteiger partial charge in [0.15, 0.2) is 0 Å². The SMILES string of the molecule is CC.CC.CC.CCN(C)c1ccc(C)c(C)c1N. The van der Waals surface area contributed by atoms with Crippen molar-refractivity contribution in [3.8, 4) is 0 Å². The molecule has 2 N–H and O–H groups in total. The summed E-state index contributed by atoms with van der Waals surface area (Å²) in [6, 6.07) is 4.20. The smallest absolute Gasteiger partial charge is 0.0600 e. The second-order valence-electron chi connectivity index (χ2n) is 3.45. The monoisotopic (exact) mass is 268 g/mol. The molecule has 0 fully saturated rings. The van der Waals surface area contributed by atoms with Crippen LogP contribution in [0.4, 0.5) is 11.4 Å². The molecule has 1 aromatic carbocycles. The van der Waals surface area contributed by atoms with Crippen molar-refractivity contribution in [2.24, 2.45) is 0 Å². The molecule has 0 amide bonds. The van der Waals surface area contributed by atoms with Crippen LogP contribution in [0.5, 0.6) is 0 Å². The normalized spacial score (nSPS) is 7.89. The van der Waals surface area contributed by atoms with Crippen molar-refractivity contribution in [3.05, 3.63) is 23.3 Å². The molecule has 0 unspecified atom stereocenters. The average molecular weight is 268 g/mol. The molecule has 0 aliphatic rings. The van der Waals surface area contributed by atoms with Gasteiger partial charge in [-0.1, -0.05) is 47.6 Å². The molecule has 0 aromatic heterocycles. The van der Waals surface area contributed by atoms with E-state index in [0.29, 0.717) is 0 Å². The first-order chi connectivity index (χ1) is 9.07. The molecule has 0 radical (unpaired) electrons. The van der Waals surface area contributed by atoms with Crippen molar-refractivity contribution in [1.29, 1.82) is 0 Å². The second-order valence-corrected chi connectivity index (χ2v) is 3.45. The topological polar surface area (TPSA) is 29.3 Å². The minimum Gasteiger partial charge on any atom is -0.397 e. The predicted molar refractivity (Wildman–Crippen MR) is 93.3 cm³/mol. The molecule has 0 atom stereocenters. The van der Waals surface area contributed by atoms with E-state index in [0.717, 1.165) is 17.9 Å². The van der Waals surface area contributed by atoms with E-state index in [1.807, 2.05) is 41.5 Å². The van der Waals surface area contributed by atoms with E-state index in [1.165, 1.54) is 11.1 Å². The summed E-state index contributed by atoms with van der Waals surface area (Å²) in [6.45, 7) is 19.3. The first kappa shape index (κ1) is 23.0. The quantitative estimate of drug-likeness (QED) is 0.726. The zero-order valence-electron chi connectivity index (χ0n) is 14.9. The molecule has 19 heavy (non-hydrogen) atoms. The summed E-state index contributed by atoms with van der Waals surface area (Å²) in [4.78, 5) is 2.15. The third-order valence-electron chi connectivity index (χ3n) is 2.65. The average Bonchev–Trinajstić information content (AvgIpc) is 2.50. The van der Waals surface area contributed by atoms with Gasteiger partial charge in [0.2, 0.25) is 0 Å². The number of nitrogens with two attached hydrogens (primary N) is 1. The summed E-state index contributed by atoms with van der Waals surface area (Å²) in [6.07, 6.45) is 0. The highest BCUT2D eigenvalue weighted by molar-refractivity contribution is 5.72. The minimum absolute atomic E-state index is 0.907. The molecule has 0 spiro atoms. The molecular weight excluding hydrogens is 232 g/mol. The highest BCUT2D eigenvalue weighted by Gasteiger charge is 2.06. The molecule has 0 aliphatic carbocycles. The van der Waals surface area contributed by atoms with E-state index in [1.54, 1.807) is 0 Å². The van der Waals surface area contributed by atoms with Gasteiger partial charge in [0.1, 0.15) is 0 Å². The van der Waals surface area contributed by atoms with Gasteiger partial charge in [0.05, 0.1) is 11.4 Å². The number of nitrogens with zero attached hydrogens (tertiary/aromatic N) is 1. The first-order valence-corrected chi connectivity index (χ1v) is 7.64. The van der Waals surface area contributed by atoms with Crippen LogP contribution >= 0.6 is 0 Å². The van der Waals surface area contributed by atoms with Crippen LogP contribution in [0.3, 0.4) is 0 Å². The molecule has 1 rings (SSSR count). The van der Waals surface area contributed by atoms with Crippen LogP contribution in [0.25, 0.3) is 0 Å². The van der Waals surface area contributed by atoms with Crippen LogP contribution in [0.2, 0.25) is 0 Å². The largest absolute Gasteiger partial charge is 0.397 e. The van der Waals surface area contributed by atoms with E-state index in [2.05, 4.69) is 44.9 Å². The Labute approximate surface area is 122 Å². The maximum absolute atomic E-state index is 6.02. The lowest BCUT2D eigenvalue weighted by atomic mass is 10.1. The van der Waals surface area contributed by atoms with E-state index < -0.39 is 0 Å². The maximum atomic E-state index is 6.02. The maximum Gasteiger partial charge on any atom is 0.0600 e. The van der Waals surface area contributed by atoms with Gasteiger partial charge in [0.25, 0.3) is 0 Å². The van der Waals surface area contributed by atoms with Gasteiger partial charge in [-0.15, -0.1) is 0 Å². The van der Waals surface area contributed by atoms with Gasteiger partial charge in [-0.25, -0.2) is 0 Å². The number of anilines is 2. The number of rotatable bonds is 2. The second kappa shape index (κ2) is 14.9. The number of aryl methyl sites for hydroxylation is 1. The first-order valence-electron chi connectivity index (χ1n) is 7.64. The number of nitrogen functional groups attached to an aromatic ring is 1. The molecule has 0 bridgehead atoms. The van der Waals surface area contributed by atoms with Crippen molar-refractivity contribution >= 4 is 11.4 Å². The van der Waals surface area contributed by atoms with Gasteiger partial charge < -0.3 is 10.6 Å². The molecule has 2 heteroatoms. The van der Waals surface area contributed by atoms with Crippen molar-refractivity contribution in [3.63, 3.8) is 0 Å². The van der Waals surface area contributed by atoms with Crippen molar-refractivity contribution < 1.29 is 0 Å². The fraction of sp³-hybridized carbons (Fsp3) is 0.647. The molecule has 114 valence electrons. The van der Waals surface area contributed by atoms with Crippen LogP contribution in [0.15, 0.2) is 12.1 Å². The minimum atomic E-state index is 0.907. The Balaban J connectivity index is -0.000000375. The zero-order valence-corrected chi connectivity index (χ0v) is 14.9. The van der Waals surface area contributed by atoms with Gasteiger partial charge in [-0.3, -0.25) is 0 Å². The van der Waals surface area contributed by atoms with Crippen LogP contribution in [-0.4, -0.2) is 13.6 Å². The van der Waals surface area contributed by atoms with Crippen LogP contribution < -0.4 is 10.6 Å². The summed E-state index contributed by atoms with van der Waals surface area (Å²) in [5, 5.41) is 0. The summed E-state index contributed by atoms with van der Waals surface area (Å²) < 4.78 is 0. The molecule has 0 heterocycles. The summed E-state index contributed by atoms with van der Waals surface area (Å²) in [5.74, 6) is 0. The Morgan fingerprint density at radius 1 is 0.947 bits per heavy atom. The van der Waals surface area contributed by atoms with E-state index in [4.69, 9.17) is 5.73 Å². The van der Waals surface area contributed by atoms with Gasteiger partial charge >= 0.3 is 0 Å². The molecule has 1 aromatic rings. The molecular formula is C17H36N2. The standard InChI is InChI=1S/C11H18N2.3C2H6/c1-5-13(4)10-7-6-8(2)9(3)11(10)12;3*1-2/h6-7H,5,12H2,1-4H3;3*1-2H3. The Hall–Kier alpha value is -1.18. The van der Waals surface area contributed by atoms with Gasteiger partial charge in [-0.2, -0.15) is 0 Å². The van der Waals surface area contributed by atoms with Crippen LogP contribution in [-0.2, 0) is 0 Å². The Morgan fingerprint density at radius 3 is 1.74 bits per heavy atom. The van der Waals surface area contributed by atoms with Crippen molar-refractivity contribution in [2.75, 3.05) is 24.2 Å². The summed E-state index contributed by atoms with van der Waals surface area (Å²) in [7, 11) is 2.06. The Kier molecular flexibility index (Phi) is 18.0. The summed E-state index contributed by atoms with van der Waals surface area (Å²) >= 11 is 0. The van der Waals surface area contributed by atoms with Crippen LogP contribution in [0.1, 0.15) is 59.6 Å². The fourth-order valence-electron chi connectivity index (χ4n) is 1.33. The van der Waals surface area contributed by atoms with E-state index in [9.17, 15) is 0 Å². The lowest BCUT2D eigenvalue weighted by Gasteiger charge is -2.20. The Bertz CT molecular complexity index is 306. The molecule has 0 saturated carbocycles. The fourth-order valence-corrected chi connectivity index (χ4v) is 1.33. The van der Waals surface area contributed by atoms with Crippen LogP contribution in [0, 0.1) is 13.8 Å². The van der Waals surface area contributed by atoms with Gasteiger partial charge in [0, 0.05) is 13.6 Å². The van der Waals surface area contributed by atoms with Crippen molar-refractivity contribution in [2.45, 2.75) is 62.3 Å². The summed E-state index contributed by atoms with van der Waals surface area (Å²) in [5.41, 5.74) is 10.5. The molecule has 0 aliphatic heterocycles. The third kappa shape index (κ3) is 7.76. The predicted octanol–water partition coefficient (Wildman–Crippen LogP) is 5.42. The zero-order chi connectivity index (χ0) is 16.0. The Morgan fingerprint density at radius 2 is 1.37 bits per heavy atom. The lowest BCUT2D eigenvalue weighted by molar-refractivity contribution is 0.968. The number of hydrogen-bond acceptors (Lipinski definition) is 2. The van der Waals surface area contributed by atoms with Gasteiger partial charge in [-0.05, 0) is 38.0 Å². The highest BCUT2D eigenvalue weighted by Crippen LogP contribution is 2.27. The molecule has 2 nitrogen and oxygen atoms in total.